The lowest BCUT2D eigenvalue weighted by Crippen LogP contribution is -2.09. The van der Waals surface area contributed by atoms with Crippen LogP contribution in [0.5, 0.6) is 5.75 Å². The maximum atomic E-state index is 11.7. The Morgan fingerprint density at radius 2 is 2.12 bits per heavy atom. The molecule has 2 aromatic rings. The molecule has 84 valence electrons. The molecule has 0 aliphatic carbocycles. The van der Waals surface area contributed by atoms with Gasteiger partial charge in [0.2, 0.25) is 0 Å². The summed E-state index contributed by atoms with van der Waals surface area (Å²) in [6.07, 6.45) is 1.56. The monoisotopic (exact) mass is 218 g/mol. The minimum absolute atomic E-state index is 0.163. The Hall–Kier alpha value is -1.77. The van der Waals surface area contributed by atoms with Crippen molar-refractivity contribution in [2.75, 3.05) is 0 Å². The average molecular weight is 218 g/mol. The molecule has 0 saturated heterocycles. The fourth-order valence-electron chi connectivity index (χ4n) is 1.99. The van der Waals surface area contributed by atoms with Gasteiger partial charge in [-0.3, -0.25) is 0 Å². The maximum absolute atomic E-state index is 11.7. The second-order valence-corrected chi connectivity index (χ2v) is 3.89. The number of aromatic hydroxyl groups is 1. The van der Waals surface area contributed by atoms with Crippen LogP contribution in [0, 0.1) is 6.92 Å². The molecule has 0 amide bonds. The Balaban J connectivity index is 2.85. The third-order valence-corrected chi connectivity index (χ3v) is 2.78. The largest absolute Gasteiger partial charge is 0.507 e. The van der Waals surface area contributed by atoms with Crippen molar-refractivity contribution in [3.8, 4) is 5.75 Å². The van der Waals surface area contributed by atoms with Gasteiger partial charge in [0.05, 0.1) is 5.39 Å². The summed E-state index contributed by atoms with van der Waals surface area (Å²) in [5.41, 5.74) is 1.64. The molecule has 0 atom stereocenters. The zero-order chi connectivity index (χ0) is 11.7. The Morgan fingerprint density at radius 3 is 2.81 bits per heavy atom. The van der Waals surface area contributed by atoms with Gasteiger partial charge in [0.25, 0.3) is 0 Å². The first kappa shape index (κ1) is 10.7. The molecule has 2 rings (SSSR count). The summed E-state index contributed by atoms with van der Waals surface area (Å²) in [5.74, 6) is 0.163. The summed E-state index contributed by atoms with van der Waals surface area (Å²) < 4.78 is 5.19. The van der Waals surface area contributed by atoms with Crippen molar-refractivity contribution < 1.29 is 9.52 Å². The van der Waals surface area contributed by atoms with Crippen LogP contribution in [0.3, 0.4) is 0 Å². The van der Waals surface area contributed by atoms with Gasteiger partial charge in [0.15, 0.2) is 0 Å². The van der Waals surface area contributed by atoms with Crippen molar-refractivity contribution in [1.82, 2.24) is 0 Å². The molecule has 16 heavy (non-hydrogen) atoms. The molecule has 0 fully saturated rings. The number of phenols is 1. The molecule has 1 aromatic carbocycles. The highest BCUT2D eigenvalue weighted by Gasteiger charge is 2.12. The van der Waals surface area contributed by atoms with Gasteiger partial charge in [-0.15, -0.1) is 0 Å². The third-order valence-electron chi connectivity index (χ3n) is 2.78. The molecule has 3 heteroatoms. The quantitative estimate of drug-likeness (QED) is 0.788. The van der Waals surface area contributed by atoms with E-state index in [1.54, 1.807) is 18.2 Å². The van der Waals surface area contributed by atoms with E-state index < -0.39 is 0 Å². The molecule has 0 radical (unpaired) electrons. The second kappa shape index (κ2) is 4.00. The molecule has 1 heterocycles. The number of hydrogen-bond acceptors (Lipinski definition) is 3. The van der Waals surface area contributed by atoms with Crippen LogP contribution in [0.15, 0.2) is 27.4 Å². The lowest BCUT2D eigenvalue weighted by molar-refractivity contribution is 0.478. The number of fused-ring (bicyclic) bond motifs is 1. The van der Waals surface area contributed by atoms with E-state index in [9.17, 15) is 9.90 Å². The van der Waals surface area contributed by atoms with Gasteiger partial charge in [-0.05, 0) is 31.0 Å². The van der Waals surface area contributed by atoms with E-state index in [1.165, 1.54) is 0 Å². The first-order valence-electron chi connectivity index (χ1n) is 5.39. The van der Waals surface area contributed by atoms with Gasteiger partial charge in [0.1, 0.15) is 11.3 Å². The van der Waals surface area contributed by atoms with Crippen molar-refractivity contribution in [1.29, 1.82) is 0 Å². The zero-order valence-corrected chi connectivity index (χ0v) is 9.41. The highest BCUT2D eigenvalue weighted by atomic mass is 16.4. The summed E-state index contributed by atoms with van der Waals surface area (Å²) in [5, 5.41) is 10.4. The van der Waals surface area contributed by atoms with Crippen LogP contribution in [-0.2, 0) is 6.42 Å². The van der Waals surface area contributed by atoms with Gasteiger partial charge in [0, 0.05) is 5.56 Å². The second-order valence-electron chi connectivity index (χ2n) is 3.89. The minimum atomic E-state index is -0.294. The Kier molecular flexibility index (Phi) is 2.69. The lowest BCUT2D eigenvalue weighted by atomic mass is 10.0. The third kappa shape index (κ3) is 1.58. The normalized spacial score (nSPS) is 10.9. The molecule has 1 aromatic heterocycles. The molecule has 1 N–H and O–H groups in total. The number of phenolic OH excluding ortho intramolecular Hbond substituents is 1. The number of benzene rings is 1. The topological polar surface area (TPSA) is 50.4 Å². The number of aryl methyl sites for hydroxylation is 1. The van der Waals surface area contributed by atoms with E-state index in [4.69, 9.17) is 4.42 Å². The van der Waals surface area contributed by atoms with E-state index in [2.05, 4.69) is 0 Å². The van der Waals surface area contributed by atoms with Crippen LogP contribution in [0.2, 0.25) is 0 Å². The predicted octanol–water partition coefficient (Wildman–Crippen LogP) is 2.76. The van der Waals surface area contributed by atoms with Gasteiger partial charge in [-0.25, -0.2) is 4.79 Å². The Bertz CT molecular complexity index is 581. The molecule has 0 aliphatic heterocycles. The molecular formula is C13H14O3. The highest BCUT2D eigenvalue weighted by molar-refractivity contribution is 5.87. The van der Waals surface area contributed by atoms with Crippen LogP contribution in [-0.4, -0.2) is 5.11 Å². The summed E-state index contributed by atoms with van der Waals surface area (Å²) >= 11 is 0. The highest BCUT2D eigenvalue weighted by Crippen LogP contribution is 2.28. The fraction of sp³-hybridized carbons (Fsp3) is 0.308. The first-order chi connectivity index (χ1) is 7.65. The van der Waals surface area contributed by atoms with E-state index in [-0.39, 0.29) is 11.4 Å². The Morgan fingerprint density at radius 1 is 1.38 bits per heavy atom. The number of rotatable bonds is 2. The molecule has 0 unspecified atom stereocenters. The van der Waals surface area contributed by atoms with Crippen LogP contribution in [0.1, 0.15) is 24.5 Å². The maximum Gasteiger partial charge on any atom is 0.339 e. The smallest absolute Gasteiger partial charge is 0.339 e. The molecular weight excluding hydrogens is 204 g/mol. The summed E-state index contributed by atoms with van der Waals surface area (Å²) in [6, 6.07) is 4.96. The van der Waals surface area contributed by atoms with Gasteiger partial charge >= 0.3 is 5.63 Å². The minimum Gasteiger partial charge on any atom is -0.507 e. The van der Waals surface area contributed by atoms with E-state index in [0.29, 0.717) is 23.0 Å². The number of hydrogen-bond donors (Lipinski definition) is 1. The van der Waals surface area contributed by atoms with E-state index >= 15 is 0 Å². The summed E-state index contributed by atoms with van der Waals surface area (Å²) in [7, 11) is 0. The Labute approximate surface area is 93.3 Å². The summed E-state index contributed by atoms with van der Waals surface area (Å²) in [6.45, 7) is 3.86. The van der Waals surface area contributed by atoms with Gasteiger partial charge in [-0.1, -0.05) is 19.4 Å². The van der Waals surface area contributed by atoms with Crippen molar-refractivity contribution in [3.05, 3.63) is 39.7 Å². The molecule has 0 spiro atoms. The van der Waals surface area contributed by atoms with Gasteiger partial charge in [-0.2, -0.15) is 0 Å². The van der Waals surface area contributed by atoms with E-state index in [0.717, 1.165) is 12.0 Å². The SMILES string of the molecule is CCCc1c(C)c2c(O)cccc2oc1=O. The first-order valence-corrected chi connectivity index (χ1v) is 5.39. The van der Waals surface area contributed by atoms with Crippen molar-refractivity contribution >= 4 is 11.0 Å². The van der Waals surface area contributed by atoms with Crippen molar-refractivity contribution in [2.45, 2.75) is 26.7 Å². The predicted molar refractivity (Wildman–Crippen MR) is 62.9 cm³/mol. The molecule has 0 saturated carbocycles. The van der Waals surface area contributed by atoms with E-state index in [1.807, 2.05) is 13.8 Å². The fourth-order valence-corrected chi connectivity index (χ4v) is 1.99. The van der Waals surface area contributed by atoms with Crippen molar-refractivity contribution in [2.24, 2.45) is 0 Å². The van der Waals surface area contributed by atoms with Crippen LogP contribution in [0.25, 0.3) is 11.0 Å². The molecule has 0 aliphatic rings. The standard InChI is InChI=1S/C13H14O3/c1-3-5-9-8(2)12-10(14)6-4-7-11(12)16-13(9)15/h4,6-7,14H,3,5H2,1-2H3. The van der Waals surface area contributed by atoms with Crippen LogP contribution in [0.4, 0.5) is 0 Å². The summed E-state index contributed by atoms with van der Waals surface area (Å²) in [4.78, 5) is 11.7. The molecule has 3 nitrogen and oxygen atoms in total. The van der Waals surface area contributed by atoms with Crippen LogP contribution < -0.4 is 5.63 Å². The molecule has 0 bridgehead atoms. The zero-order valence-electron chi connectivity index (χ0n) is 9.41. The average Bonchev–Trinajstić information content (AvgIpc) is 2.24. The van der Waals surface area contributed by atoms with Gasteiger partial charge < -0.3 is 9.52 Å². The lowest BCUT2D eigenvalue weighted by Gasteiger charge is -2.07. The van der Waals surface area contributed by atoms with Crippen molar-refractivity contribution in [3.63, 3.8) is 0 Å². The van der Waals surface area contributed by atoms with Crippen LogP contribution >= 0.6 is 0 Å².